The highest BCUT2D eigenvalue weighted by Gasteiger charge is 2.08. The quantitative estimate of drug-likeness (QED) is 0.444. The molecule has 1 heterocycles. The molecule has 0 bridgehead atoms. The summed E-state index contributed by atoms with van der Waals surface area (Å²) in [5, 5.41) is 10.4. The van der Waals surface area contributed by atoms with Gasteiger partial charge in [0.2, 0.25) is 11.8 Å². The third kappa shape index (κ3) is 7.02. The summed E-state index contributed by atoms with van der Waals surface area (Å²) in [5.74, 6) is 1.05. The van der Waals surface area contributed by atoms with Crippen molar-refractivity contribution in [2.45, 2.75) is 26.3 Å². The Morgan fingerprint density at radius 2 is 1.75 bits per heavy atom. The van der Waals surface area contributed by atoms with Crippen molar-refractivity contribution in [2.75, 3.05) is 24.4 Å². The molecule has 0 saturated carbocycles. The Labute approximate surface area is 191 Å². The Hall–Kier alpha value is -3.52. The van der Waals surface area contributed by atoms with Gasteiger partial charge in [-0.15, -0.1) is 0 Å². The van der Waals surface area contributed by atoms with Crippen LogP contribution < -0.4 is 20.1 Å². The van der Waals surface area contributed by atoms with Crippen molar-refractivity contribution in [3.8, 4) is 11.5 Å². The third-order valence-electron chi connectivity index (χ3n) is 4.54. The van der Waals surface area contributed by atoms with E-state index in [0.717, 1.165) is 11.3 Å². The number of anilines is 2. The van der Waals surface area contributed by atoms with Gasteiger partial charge in [-0.25, -0.2) is 0 Å². The molecule has 0 aliphatic carbocycles. The van der Waals surface area contributed by atoms with Gasteiger partial charge in [-0.05, 0) is 61.4 Å². The monoisotopic (exact) mass is 456 g/mol. The van der Waals surface area contributed by atoms with Crippen LogP contribution in [0.5, 0.6) is 11.5 Å². The number of aromatic nitrogens is 2. The fourth-order valence-corrected chi connectivity index (χ4v) is 3.01. The number of carbonyl (C=O) groups is 2. The van der Waals surface area contributed by atoms with Crippen LogP contribution in [0.15, 0.2) is 54.9 Å². The van der Waals surface area contributed by atoms with Gasteiger partial charge in [-0.1, -0.05) is 11.6 Å². The zero-order valence-electron chi connectivity index (χ0n) is 17.9. The van der Waals surface area contributed by atoms with Crippen molar-refractivity contribution in [3.05, 3.63) is 65.4 Å². The molecule has 0 saturated heterocycles. The van der Waals surface area contributed by atoms with Crippen LogP contribution in [0.4, 0.5) is 11.4 Å². The van der Waals surface area contributed by atoms with Crippen LogP contribution >= 0.6 is 11.6 Å². The molecule has 2 N–H and O–H groups in total. The lowest BCUT2D eigenvalue weighted by Gasteiger charge is -2.08. The standard InChI is InChI=1S/C23H25ClN4O4/c1-16-12-20(9-10-21(16)24)32-11-3-4-22(29)27-18-13-25-28(14-18)15-23(30)26-17-5-7-19(31-2)8-6-17/h5-10,12-14H,3-4,11,15H2,1-2H3,(H,26,30)(H,27,29). The van der Waals surface area contributed by atoms with E-state index in [-0.39, 0.29) is 18.4 Å². The summed E-state index contributed by atoms with van der Waals surface area (Å²) >= 11 is 5.99. The molecular weight excluding hydrogens is 432 g/mol. The molecular formula is C23H25ClN4O4. The fourth-order valence-electron chi connectivity index (χ4n) is 2.89. The highest BCUT2D eigenvalue weighted by Crippen LogP contribution is 2.21. The number of hydrogen-bond donors (Lipinski definition) is 2. The van der Waals surface area contributed by atoms with E-state index in [0.29, 0.717) is 41.6 Å². The van der Waals surface area contributed by atoms with Gasteiger partial charge in [-0.2, -0.15) is 5.10 Å². The molecule has 0 aliphatic rings. The maximum absolute atomic E-state index is 12.2. The molecule has 1 aromatic heterocycles. The Morgan fingerprint density at radius 1 is 1.03 bits per heavy atom. The zero-order valence-corrected chi connectivity index (χ0v) is 18.7. The van der Waals surface area contributed by atoms with Crippen molar-refractivity contribution in [1.29, 1.82) is 0 Å². The molecule has 9 heteroatoms. The molecule has 3 rings (SSSR count). The Kier molecular flexibility index (Phi) is 8.10. The van der Waals surface area contributed by atoms with Crippen LogP contribution in [0.3, 0.4) is 0 Å². The van der Waals surface area contributed by atoms with Crippen molar-refractivity contribution in [1.82, 2.24) is 9.78 Å². The van der Waals surface area contributed by atoms with Crippen LogP contribution in [0.25, 0.3) is 0 Å². The number of rotatable bonds is 10. The van der Waals surface area contributed by atoms with E-state index in [9.17, 15) is 9.59 Å². The number of benzene rings is 2. The largest absolute Gasteiger partial charge is 0.497 e. The van der Waals surface area contributed by atoms with Crippen LogP contribution in [0, 0.1) is 6.92 Å². The van der Waals surface area contributed by atoms with Gasteiger partial charge in [0.15, 0.2) is 0 Å². The smallest absolute Gasteiger partial charge is 0.246 e. The van der Waals surface area contributed by atoms with Crippen LogP contribution in [-0.2, 0) is 16.1 Å². The molecule has 32 heavy (non-hydrogen) atoms. The van der Waals surface area contributed by atoms with Gasteiger partial charge in [0.05, 0.1) is 25.6 Å². The number of hydrogen-bond acceptors (Lipinski definition) is 5. The number of ether oxygens (including phenoxy) is 2. The Balaban J connectivity index is 1.38. The predicted molar refractivity (Wildman–Crippen MR) is 123 cm³/mol. The topological polar surface area (TPSA) is 94.5 Å². The maximum Gasteiger partial charge on any atom is 0.246 e. The first kappa shape index (κ1) is 23.1. The van der Waals surface area contributed by atoms with E-state index < -0.39 is 0 Å². The van der Waals surface area contributed by atoms with E-state index in [1.54, 1.807) is 49.7 Å². The fraction of sp³-hybridized carbons (Fsp3) is 0.261. The van der Waals surface area contributed by atoms with E-state index in [4.69, 9.17) is 21.1 Å². The van der Waals surface area contributed by atoms with Crippen LogP contribution in [0.2, 0.25) is 5.02 Å². The minimum atomic E-state index is -0.231. The highest BCUT2D eigenvalue weighted by atomic mass is 35.5. The highest BCUT2D eigenvalue weighted by molar-refractivity contribution is 6.31. The number of methoxy groups -OCH3 is 1. The first-order chi connectivity index (χ1) is 15.4. The molecule has 2 amide bonds. The maximum atomic E-state index is 12.2. The lowest BCUT2D eigenvalue weighted by Crippen LogP contribution is -2.19. The number of halogens is 1. The number of aryl methyl sites for hydroxylation is 1. The number of amides is 2. The average Bonchev–Trinajstić information content (AvgIpc) is 3.20. The van der Waals surface area contributed by atoms with E-state index in [1.807, 2.05) is 13.0 Å². The van der Waals surface area contributed by atoms with E-state index in [1.165, 1.54) is 10.9 Å². The van der Waals surface area contributed by atoms with E-state index >= 15 is 0 Å². The minimum Gasteiger partial charge on any atom is -0.497 e. The van der Waals surface area contributed by atoms with Crippen molar-refractivity contribution < 1.29 is 19.1 Å². The number of nitrogens with one attached hydrogen (secondary N) is 2. The van der Waals surface area contributed by atoms with Crippen LogP contribution in [0.1, 0.15) is 18.4 Å². The van der Waals surface area contributed by atoms with Crippen molar-refractivity contribution in [3.63, 3.8) is 0 Å². The molecule has 8 nitrogen and oxygen atoms in total. The van der Waals surface area contributed by atoms with E-state index in [2.05, 4.69) is 15.7 Å². The molecule has 2 aromatic carbocycles. The average molecular weight is 457 g/mol. The van der Waals surface area contributed by atoms with Gasteiger partial charge < -0.3 is 20.1 Å². The van der Waals surface area contributed by atoms with Gasteiger partial charge in [0.25, 0.3) is 0 Å². The summed E-state index contributed by atoms with van der Waals surface area (Å²) in [6, 6.07) is 12.5. The van der Waals surface area contributed by atoms with Gasteiger partial charge in [0.1, 0.15) is 18.0 Å². The summed E-state index contributed by atoms with van der Waals surface area (Å²) in [7, 11) is 1.58. The molecule has 0 atom stereocenters. The molecule has 0 aliphatic heterocycles. The van der Waals surface area contributed by atoms with Gasteiger partial charge in [0, 0.05) is 23.3 Å². The number of carbonyl (C=O) groups excluding carboxylic acids is 2. The minimum absolute atomic E-state index is 0.0241. The summed E-state index contributed by atoms with van der Waals surface area (Å²) in [4.78, 5) is 24.3. The van der Waals surface area contributed by atoms with Crippen molar-refractivity contribution in [2.24, 2.45) is 0 Å². The summed E-state index contributed by atoms with van der Waals surface area (Å²) < 4.78 is 12.2. The summed E-state index contributed by atoms with van der Waals surface area (Å²) in [6.07, 6.45) is 3.98. The SMILES string of the molecule is COc1ccc(NC(=O)Cn2cc(NC(=O)CCCOc3ccc(Cl)c(C)c3)cn2)cc1. The second kappa shape index (κ2) is 11.2. The molecule has 0 unspecified atom stereocenters. The first-order valence-corrected chi connectivity index (χ1v) is 10.5. The van der Waals surface area contributed by atoms with Crippen LogP contribution in [-0.4, -0.2) is 35.3 Å². The number of nitrogens with zero attached hydrogens (tertiary/aromatic N) is 2. The second-order valence-electron chi connectivity index (χ2n) is 7.11. The van der Waals surface area contributed by atoms with Crippen molar-refractivity contribution >= 4 is 34.8 Å². The van der Waals surface area contributed by atoms with Gasteiger partial charge >= 0.3 is 0 Å². The van der Waals surface area contributed by atoms with Gasteiger partial charge in [-0.3, -0.25) is 14.3 Å². The molecule has 168 valence electrons. The molecule has 3 aromatic rings. The Bertz CT molecular complexity index is 1070. The zero-order chi connectivity index (χ0) is 22.9. The molecule has 0 spiro atoms. The third-order valence-corrected chi connectivity index (χ3v) is 4.97. The predicted octanol–water partition coefficient (Wildman–Crippen LogP) is 4.29. The summed E-state index contributed by atoms with van der Waals surface area (Å²) in [5.41, 5.74) is 2.13. The molecule has 0 radical (unpaired) electrons. The lowest BCUT2D eigenvalue weighted by atomic mass is 10.2. The second-order valence-corrected chi connectivity index (χ2v) is 7.52. The normalized spacial score (nSPS) is 10.5. The molecule has 0 fully saturated rings. The lowest BCUT2D eigenvalue weighted by molar-refractivity contribution is -0.117. The Morgan fingerprint density at radius 3 is 2.47 bits per heavy atom. The first-order valence-electron chi connectivity index (χ1n) is 10.1. The summed E-state index contributed by atoms with van der Waals surface area (Å²) in [6.45, 7) is 2.35.